The van der Waals surface area contributed by atoms with Gasteiger partial charge in [-0.2, -0.15) is 5.10 Å². The summed E-state index contributed by atoms with van der Waals surface area (Å²) in [7, 11) is 0. The van der Waals surface area contributed by atoms with Crippen molar-refractivity contribution in [2.75, 3.05) is 0 Å². The summed E-state index contributed by atoms with van der Waals surface area (Å²) in [5, 5.41) is 6.81. The van der Waals surface area contributed by atoms with Gasteiger partial charge in [-0.25, -0.2) is 0 Å². The maximum Gasteiger partial charge on any atom is 0.192 e. The van der Waals surface area contributed by atoms with Crippen molar-refractivity contribution in [1.29, 1.82) is 0 Å². The van der Waals surface area contributed by atoms with E-state index in [9.17, 15) is 0 Å². The molecule has 2 aromatic rings. The average Bonchev–Trinajstić information content (AvgIpc) is 2.51. The molecular weight excluding hydrogens is 194 g/mol. The second kappa shape index (κ2) is 3.38. The molecule has 0 aliphatic rings. The highest BCUT2D eigenvalue weighted by atomic mass is 32.1. The molecule has 72 valence electrons. The van der Waals surface area contributed by atoms with Crippen LogP contribution in [0.2, 0.25) is 0 Å². The number of H-pyrrole nitrogens is 2. The lowest BCUT2D eigenvalue weighted by Gasteiger charge is -2.02. The van der Waals surface area contributed by atoms with Crippen LogP contribution in [0.5, 0.6) is 0 Å². The molecule has 1 aromatic carbocycles. The number of rotatable bonds is 1. The van der Waals surface area contributed by atoms with Gasteiger partial charge < -0.3 is 4.98 Å². The summed E-state index contributed by atoms with van der Waals surface area (Å²) in [4.78, 5) is 3.00. The summed E-state index contributed by atoms with van der Waals surface area (Å²) in [6.07, 6.45) is 0. The SMILES string of the molecule is Cc1ccc(-c2n[nH]c(=S)[nH]2)c(C)c1. The summed E-state index contributed by atoms with van der Waals surface area (Å²) >= 11 is 4.93. The zero-order valence-corrected chi connectivity index (χ0v) is 8.90. The van der Waals surface area contributed by atoms with Gasteiger partial charge in [0, 0.05) is 5.56 Å². The van der Waals surface area contributed by atoms with Crippen molar-refractivity contribution in [2.45, 2.75) is 13.8 Å². The molecule has 0 saturated heterocycles. The van der Waals surface area contributed by atoms with E-state index in [-0.39, 0.29) is 0 Å². The molecule has 0 atom stereocenters. The Kier molecular flexibility index (Phi) is 2.21. The summed E-state index contributed by atoms with van der Waals surface area (Å²) in [5.41, 5.74) is 3.53. The number of aromatic nitrogens is 3. The highest BCUT2D eigenvalue weighted by molar-refractivity contribution is 7.71. The second-order valence-corrected chi connectivity index (χ2v) is 3.75. The minimum Gasteiger partial charge on any atom is -0.314 e. The number of aromatic amines is 2. The third kappa shape index (κ3) is 1.61. The van der Waals surface area contributed by atoms with E-state index in [1.807, 2.05) is 6.07 Å². The lowest BCUT2D eigenvalue weighted by molar-refractivity contribution is 1.08. The van der Waals surface area contributed by atoms with E-state index in [0.29, 0.717) is 4.77 Å². The number of nitrogens with one attached hydrogen (secondary N) is 2. The van der Waals surface area contributed by atoms with E-state index in [1.54, 1.807) is 0 Å². The van der Waals surface area contributed by atoms with Gasteiger partial charge in [0.15, 0.2) is 10.6 Å². The van der Waals surface area contributed by atoms with Crippen molar-refractivity contribution in [3.63, 3.8) is 0 Å². The molecule has 2 rings (SSSR count). The summed E-state index contributed by atoms with van der Waals surface area (Å²) in [6.45, 7) is 4.14. The fourth-order valence-corrected chi connectivity index (χ4v) is 1.62. The highest BCUT2D eigenvalue weighted by Gasteiger charge is 2.04. The maximum atomic E-state index is 4.93. The van der Waals surface area contributed by atoms with Crippen LogP contribution in [0.15, 0.2) is 18.2 Å². The standard InChI is InChI=1S/C10H11N3S/c1-6-3-4-8(7(2)5-6)9-11-10(14)13-12-9/h3-5H,1-2H3,(H2,11,12,13,14). The monoisotopic (exact) mass is 205 g/mol. The first-order valence-electron chi connectivity index (χ1n) is 4.39. The van der Waals surface area contributed by atoms with Crippen molar-refractivity contribution in [3.8, 4) is 11.4 Å². The molecule has 0 amide bonds. The molecule has 2 N–H and O–H groups in total. The van der Waals surface area contributed by atoms with E-state index in [0.717, 1.165) is 11.4 Å². The van der Waals surface area contributed by atoms with Crippen LogP contribution >= 0.6 is 12.2 Å². The van der Waals surface area contributed by atoms with E-state index in [4.69, 9.17) is 12.2 Å². The van der Waals surface area contributed by atoms with Crippen LogP contribution in [0.25, 0.3) is 11.4 Å². The number of benzene rings is 1. The fraction of sp³-hybridized carbons (Fsp3) is 0.200. The molecule has 0 saturated carbocycles. The first-order valence-corrected chi connectivity index (χ1v) is 4.80. The Bertz CT molecular complexity index is 510. The Morgan fingerprint density at radius 1 is 1.29 bits per heavy atom. The zero-order chi connectivity index (χ0) is 10.1. The number of hydrogen-bond acceptors (Lipinski definition) is 2. The predicted molar refractivity (Wildman–Crippen MR) is 58.7 cm³/mol. The highest BCUT2D eigenvalue weighted by Crippen LogP contribution is 2.19. The van der Waals surface area contributed by atoms with Crippen LogP contribution in [0, 0.1) is 18.6 Å². The third-order valence-corrected chi connectivity index (χ3v) is 2.33. The Morgan fingerprint density at radius 3 is 2.64 bits per heavy atom. The van der Waals surface area contributed by atoms with Crippen molar-refractivity contribution < 1.29 is 0 Å². The Balaban J connectivity index is 2.57. The molecule has 1 aromatic heterocycles. The van der Waals surface area contributed by atoms with Gasteiger partial charge in [0.25, 0.3) is 0 Å². The number of hydrogen-bond donors (Lipinski definition) is 2. The largest absolute Gasteiger partial charge is 0.314 e. The summed E-state index contributed by atoms with van der Waals surface area (Å²) in [5.74, 6) is 0.799. The van der Waals surface area contributed by atoms with Gasteiger partial charge in [-0.3, -0.25) is 5.10 Å². The minimum atomic E-state index is 0.556. The number of nitrogens with zero attached hydrogens (tertiary/aromatic N) is 1. The Hall–Kier alpha value is -1.42. The van der Waals surface area contributed by atoms with Crippen molar-refractivity contribution in [3.05, 3.63) is 34.1 Å². The predicted octanol–water partition coefficient (Wildman–Crippen LogP) is 2.75. The van der Waals surface area contributed by atoms with Crippen molar-refractivity contribution in [2.24, 2.45) is 0 Å². The van der Waals surface area contributed by atoms with Crippen LogP contribution in [-0.2, 0) is 0 Å². The van der Waals surface area contributed by atoms with Gasteiger partial charge in [0.1, 0.15) is 0 Å². The summed E-state index contributed by atoms with van der Waals surface area (Å²) < 4.78 is 0.556. The lowest BCUT2D eigenvalue weighted by Crippen LogP contribution is -1.86. The van der Waals surface area contributed by atoms with E-state index < -0.39 is 0 Å². The summed E-state index contributed by atoms with van der Waals surface area (Å²) in [6, 6.07) is 6.24. The molecular formula is C10H11N3S. The average molecular weight is 205 g/mol. The van der Waals surface area contributed by atoms with Gasteiger partial charge in [-0.1, -0.05) is 23.8 Å². The quantitative estimate of drug-likeness (QED) is 0.703. The Labute approximate surface area is 87.2 Å². The molecule has 0 spiro atoms. The molecule has 0 aliphatic carbocycles. The van der Waals surface area contributed by atoms with Crippen molar-refractivity contribution in [1.82, 2.24) is 15.2 Å². The van der Waals surface area contributed by atoms with E-state index in [2.05, 4.69) is 41.2 Å². The fourth-order valence-electron chi connectivity index (χ4n) is 1.48. The molecule has 0 fully saturated rings. The van der Waals surface area contributed by atoms with Crippen molar-refractivity contribution >= 4 is 12.2 Å². The maximum absolute atomic E-state index is 4.93. The van der Waals surface area contributed by atoms with Crippen LogP contribution in [-0.4, -0.2) is 15.2 Å². The molecule has 3 nitrogen and oxygen atoms in total. The molecule has 0 radical (unpaired) electrons. The third-order valence-electron chi connectivity index (χ3n) is 2.14. The molecule has 1 heterocycles. The van der Waals surface area contributed by atoms with Gasteiger partial charge in [-0.15, -0.1) is 0 Å². The molecule has 4 heteroatoms. The topological polar surface area (TPSA) is 44.5 Å². The second-order valence-electron chi connectivity index (χ2n) is 3.34. The molecule has 14 heavy (non-hydrogen) atoms. The minimum absolute atomic E-state index is 0.556. The van der Waals surface area contributed by atoms with Crippen LogP contribution in [0.3, 0.4) is 0 Å². The normalized spacial score (nSPS) is 10.4. The zero-order valence-electron chi connectivity index (χ0n) is 8.09. The van der Waals surface area contributed by atoms with Crippen LogP contribution in [0.4, 0.5) is 0 Å². The smallest absolute Gasteiger partial charge is 0.192 e. The first-order chi connectivity index (χ1) is 6.66. The molecule has 0 bridgehead atoms. The van der Waals surface area contributed by atoms with Crippen LogP contribution in [0.1, 0.15) is 11.1 Å². The number of aryl methyl sites for hydroxylation is 2. The molecule has 0 aliphatic heterocycles. The van der Waals surface area contributed by atoms with Gasteiger partial charge >= 0.3 is 0 Å². The van der Waals surface area contributed by atoms with E-state index >= 15 is 0 Å². The van der Waals surface area contributed by atoms with Gasteiger partial charge in [0.05, 0.1) is 0 Å². The molecule has 0 unspecified atom stereocenters. The van der Waals surface area contributed by atoms with Gasteiger partial charge in [-0.05, 0) is 31.6 Å². The van der Waals surface area contributed by atoms with Crippen LogP contribution < -0.4 is 0 Å². The lowest BCUT2D eigenvalue weighted by atomic mass is 10.1. The Morgan fingerprint density at radius 2 is 2.07 bits per heavy atom. The first kappa shape index (κ1) is 9.15. The van der Waals surface area contributed by atoms with Gasteiger partial charge in [0.2, 0.25) is 0 Å². The van der Waals surface area contributed by atoms with E-state index in [1.165, 1.54) is 11.1 Å².